The largest absolute Gasteiger partial charge is 0.489 e. The first-order chi connectivity index (χ1) is 13.1. The van der Waals surface area contributed by atoms with Gasteiger partial charge in [0.2, 0.25) is 11.8 Å². The van der Waals surface area contributed by atoms with Gasteiger partial charge in [-0.3, -0.25) is 9.59 Å². The Morgan fingerprint density at radius 3 is 2.56 bits per heavy atom. The second-order valence-electron chi connectivity index (χ2n) is 6.45. The number of carbonyl (C=O) groups is 2. The molecule has 1 heterocycles. The van der Waals surface area contributed by atoms with E-state index in [9.17, 15) is 9.59 Å². The van der Waals surface area contributed by atoms with Crippen LogP contribution in [0.15, 0.2) is 54.6 Å². The van der Waals surface area contributed by atoms with Crippen LogP contribution in [0.2, 0.25) is 0 Å². The average Bonchev–Trinajstić information content (AvgIpc) is 3.17. The molecule has 2 atom stereocenters. The van der Waals surface area contributed by atoms with Gasteiger partial charge in [-0.1, -0.05) is 30.3 Å². The van der Waals surface area contributed by atoms with Crippen LogP contribution in [-0.2, 0) is 16.2 Å². The van der Waals surface area contributed by atoms with Crippen molar-refractivity contribution in [3.05, 3.63) is 60.2 Å². The molecular weight excluding hydrogens is 344 g/mol. The predicted octanol–water partition coefficient (Wildman–Crippen LogP) is 1.01. The first-order valence-electron chi connectivity index (χ1n) is 8.94. The maximum atomic E-state index is 12.4. The number of nitrogens with two attached hydrogens (primary N) is 1. The summed E-state index contributed by atoms with van der Waals surface area (Å²) in [6.45, 7) is 0.997. The van der Waals surface area contributed by atoms with E-state index in [4.69, 9.17) is 10.5 Å². The van der Waals surface area contributed by atoms with Gasteiger partial charge in [0, 0.05) is 18.3 Å². The molecule has 0 radical (unpaired) electrons. The van der Waals surface area contributed by atoms with Crippen LogP contribution in [0, 0.1) is 0 Å². The number of anilines is 1. The lowest BCUT2D eigenvalue weighted by Gasteiger charge is -2.13. The smallest absolute Gasteiger partial charge is 0.241 e. The van der Waals surface area contributed by atoms with Crippen LogP contribution in [0.3, 0.4) is 0 Å². The van der Waals surface area contributed by atoms with Gasteiger partial charge < -0.3 is 26.4 Å². The van der Waals surface area contributed by atoms with Crippen molar-refractivity contribution in [2.45, 2.75) is 25.1 Å². The van der Waals surface area contributed by atoms with Crippen molar-refractivity contribution in [1.29, 1.82) is 0 Å². The molecule has 2 amide bonds. The van der Waals surface area contributed by atoms with Crippen LogP contribution in [-0.4, -0.2) is 37.0 Å². The number of rotatable bonds is 7. The number of amides is 2. The van der Waals surface area contributed by atoms with Crippen molar-refractivity contribution < 1.29 is 14.3 Å². The minimum Gasteiger partial charge on any atom is -0.489 e. The first kappa shape index (κ1) is 18.9. The predicted molar refractivity (Wildman–Crippen MR) is 103 cm³/mol. The van der Waals surface area contributed by atoms with Gasteiger partial charge in [-0.25, -0.2) is 0 Å². The number of hydrogen-bond donors (Lipinski definition) is 4. The zero-order valence-corrected chi connectivity index (χ0v) is 15.0. The second-order valence-corrected chi connectivity index (χ2v) is 6.45. The van der Waals surface area contributed by atoms with E-state index in [1.54, 1.807) is 12.1 Å². The summed E-state index contributed by atoms with van der Waals surface area (Å²) in [5, 5.41) is 8.78. The summed E-state index contributed by atoms with van der Waals surface area (Å²) in [6.07, 6.45) is 0.538. The molecule has 27 heavy (non-hydrogen) atoms. The minimum atomic E-state index is -0.345. The summed E-state index contributed by atoms with van der Waals surface area (Å²) in [7, 11) is 0. The fourth-order valence-electron chi connectivity index (χ4n) is 2.94. The lowest BCUT2D eigenvalue weighted by Crippen LogP contribution is -2.39. The van der Waals surface area contributed by atoms with Gasteiger partial charge in [-0.05, 0) is 36.2 Å². The van der Waals surface area contributed by atoms with Crippen LogP contribution < -0.4 is 26.4 Å². The molecule has 2 aromatic rings. The topological polar surface area (TPSA) is 105 Å². The van der Waals surface area contributed by atoms with E-state index in [0.29, 0.717) is 25.3 Å². The highest BCUT2D eigenvalue weighted by molar-refractivity contribution is 5.95. The maximum Gasteiger partial charge on any atom is 0.241 e. The Morgan fingerprint density at radius 2 is 1.85 bits per heavy atom. The Kier molecular flexibility index (Phi) is 6.40. The molecule has 0 bridgehead atoms. The van der Waals surface area contributed by atoms with Gasteiger partial charge in [0.25, 0.3) is 0 Å². The molecule has 0 spiro atoms. The third-order valence-corrected chi connectivity index (χ3v) is 4.37. The average molecular weight is 368 g/mol. The van der Waals surface area contributed by atoms with E-state index in [2.05, 4.69) is 16.0 Å². The van der Waals surface area contributed by atoms with E-state index in [1.807, 2.05) is 42.5 Å². The minimum absolute atomic E-state index is 0.0495. The summed E-state index contributed by atoms with van der Waals surface area (Å²) >= 11 is 0. The fourth-order valence-corrected chi connectivity index (χ4v) is 2.94. The molecule has 0 aliphatic carbocycles. The molecule has 0 saturated carbocycles. The molecule has 2 aromatic carbocycles. The normalized spacial score (nSPS) is 18.7. The van der Waals surface area contributed by atoms with Crippen molar-refractivity contribution in [2.24, 2.45) is 5.73 Å². The van der Waals surface area contributed by atoms with Crippen molar-refractivity contribution in [3.8, 4) is 5.75 Å². The summed E-state index contributed by atoms with van der Waals surface area (Å²) in [5.74, 6) is 0.395. The first-order valence-corrected chi connectivity index (χ1v) is 8.94. The van der Waals surface area contributed by atoms with Crippen LogP contribution in [0.4, 0.5) is 5.69 Å². The SMILES string of the molecule is NCC(=O)NC1CNC(C(=O)Nc2ccc(OCc3ccccc3)cc2)C1. The van der Waals surface area contributed by atoms with E-state index >= 15 is 0 Å². The molecule has 2 unspecified atom stereocenters. The molecule has 142 valence electrons. The van der Waals surface area contributed by atoms with E-state index in [0.717, 1.165) is 11.3 Å². The van der Waals surface area contributed by atoms with Gasteiger partial charge in [0.1, 0.15) is 12.4 Å². The molecule has 1 aliphatic rings. The Morgan fingerprint density at radius 1 is 1.11 bits per heavy atom. The third-order valence-electron chi connectivity index (χ3n) is 4.37. The van der Waals surface area contributed by atoms with E-state index in [1.165, 1.54) is 0 Å². The Balaban J connectivity index is 1.46. The van der Waals surface area contributed by atoms with Gasteiger partial charge in [0.15, 0.2) is 0 Å². The highest BCUT2D eigenvalue weighted by Gasteiger charge is 2.30. The molecule has 7 heteroatoms. The standard InChI is InChI=1S/C20H24N4O3/c21-11-19(25)23-16-10-18(22-12-16)20(26)24-15-6-8-17(9-7-15)27-13-14-4-2-1-3-5-14/h1-9,16,18,22H,10-13,21H2,(H,23,25)(H,24,26). The van der Waals surface area contributed by atoms with Crippen molar-refractivity contribution in [1.82, 2.24) is 10.6 Å². The zero-order chi connectivity index (χ0) is 19.1. The molecular formula is C20H24N4O3. The molecule has 3 rings (SSSR count). The van der Waals surface area contributed by atoms with Crippen LogP contribution in [0.25, 0.3) is 0 Å². The quantitative estimate of drug-likeness (QED) is 0.584. The molecule has 1 aliphatic heterocycles. The maximum absolute atomic E-state index is 12.4. The van der Waals surface area contributed by atoms with Gasteiger partial charge in [-0.15, -0.1) is 0 Å². The lowest BCUT2D eigenvalue weighted by atomic mass is 10.1. The number of nitrogens with one attached hydrogen (secondary N) is 3. The monoisotopic (exact) mass is 368 g/mol. The highest BCUT2D eigenvalue weighted by Crippen LogP contribution is 2.18. The summed E-state index contributed by atoms with van der Waals surface area (Å²) in [6, 6.07) is 16.8. The molecule has 0 aromatic heterocycles. The fraction of sp³-hybridized carbons (Fsp3) is 0.300. The van der Waals surface area contributed by atoms with E-state index < -0.39 is 0 Å². The summed E-state index contributed by atoms with van der Waals surface area (Å²) in [5.41, 5.74) is 7.08. The van der Waals surface area contributed by atoms with Gasteiger partial charge in [0.05, 0.1) is 12.6 Å². The highest BCUT2D eigenvalue weighted by atomic mass is 16.5. The number of ether oxygens (including phenoxy) is 1. The summed E-state index contributed by atoms with van der Waals surface area (Å²) in [4.78, 5) is 23.7. The molecule has 1 fully saturated rings. The van der Waals surface area contributed by atoms with E-state index in [-0.39, 0.29) is 30.4 Å². The number of carbonyl (C=O) groups excluding carboxylic acids is 2. The summed E-state index contributed by atoms with van der Waals surface area (Å²) < 4.78 is 5.74. The lowest BCUT2D eigenvalue weighted by molar-refractivity contribution is -0.121. The van der Waals surface area contributed by atoms with Crippen LogP contribution >= 0.6 is 0 Å². The molecule has 5 N–H and O–H groups in total. The van der Waals surface area contributed by atoms with Crippen molar-refractivity contribution in [3.63, 3.8) is 0 Å². The van der Waals surface area contributed by atoms with Gasteiger partial charge in [-0.2, -0.15) is 0 Å². The van der Waals surface area contributed by atoms with Crippen LogP contribution in [0.5, 0.6) is 5.75 Å². The second kappa shape index (κ2) is 9.16. The number of benzene rings is 2. The Labute approximate surface area is 158 Å². The van der Waals surface area contributed by atoms with Gasteiger partial charge >= 0.3 is 0 Å². The Hall–Kier alpha value is -2.90. The van der Waals surface area contributed by atoms with Crippen LogP contribution in [0.1, 0.15) is 12.0 Å². The third kappa shape index (κ3) is 5.54. The molecule has 1 saturated heterocycles. The number of hydrogen-bond acceptors (Lipinski definition) is 5. The Bertz CT molecular complexity index is 765. The zero-order valence-electron chi connectivity index (χ0n) is 15.0. The van der Waals surface area contributed by atoms with Crippen molar-refractivity contribution >= 4 is 17.5 Å². The molecule has 7 nitrogen and oxygen atoms in total. The van der Waals surface area contributed by atoms with Crippen molar-refractivity contribution in [2.75, 3.05) is 18.4 Å².